The van der Waals surface area contributed by atoms with Crippen molar-refractivity contribution in [1.82, 2.24) is 0 Å². The van der Waals surface area contributed by atoms with Crippen molar-refractivity contribution >= 4 is 11.0 Å². The lowest BCUT2D eigenvalue weighted by Gasteiger charge is -2.39. The first-order chi connectivity index (χ1) is 15.3. The van der Waals surface area contributed by atoms with Crippen molar-refractivity contribution in [3.8, 4) is 5.75 Å². The van der Waals surface area contributed by atoms with Crippen LogP contribution in [0.2, 0.25) is 0 Å². The van der Waals surface area contributed by atoms with Crippen LogP contribution in [0.15, 0.2) is 16.7 Å². The van der Waals surface area contributed by atoms with Crippen LogP contribution in [0.4, 0.5) is 0 Å². The highest BCUT2D eigenvalue weighted by Gasteiger charge is 2.67. The first-order valence-electron chi connectivity index (χ1n) is 12.2. The Morgan fingerprint density at radius 2 is 1.84 bits per heavy atom. The maximum Gasteiger partial charge on any atom is 0.146 e. The molecule has 32 heavy (non-hydrogen) atoms. The van der Waals surface area contributed by atoms with Crippen LogP contribution in [-0.2, 0) is 17.8 Å². The maximum atomic E-state index is 11.0. The number of aliphatic hydroxyl groups is 3. The minimum absolute atomic E-state index is 0.0680. The Kier molecular flexibility index (Phi) is 6.61. The SMILES string of the molecule is CCCC(c1coc2c(CO)c(O)c(CC(C)C)cc12)C1CC(O)C2(OC2CC)[C@H](O)C1. The molecule has 178 valence electrons. The molecular weight excluding hydrogens is 408 g/mol. The molecular formula is C26H38O6. The molecule has 5 unspecified atom stereocenters. The van der Waals surface area contributed by atoms with E-state index in [0.29, 0.717) is 36.3 Å². The average molecular weight is 447 g/mol. The number of fused-ring (bicyclic) bond motifs is 1. The monoisotopic (exact) mass is 446 g/mol. The van der Waals surface area contributed by atoms with Crippen molar-refractivity contribution in [3.63, 3.8) is 0 Å². The summed E-state index contributed by atoms with van der Waals surface area (Å²) in [6, 6.07) is 2.00. The van der Waals surface area contributed by atoms with Gasteiger partial charge in [0, 0.05) is 10.9 Å². The fourth-order valence-electron chi connectivity index (χ4n) is 6.08. The fraction of sp³-hybridized carbons (Fsp3) is 0.692. The smallest absolute Gasteiger partial charge is 0.146 e. The quantitative estimate of drug-likeness (QED) is 0.448. The molecule has 1 saturated heterocycles. The van der Waals surface area contributed by atoms with Gasteiger partial charge in [-0.15, -0.1) is 0 Å². The molecule has 6 nitrogen and oxygen atoms in total. The Labute approximate surface area is 190 Å². The molecule has 6 atom stereocenters. The van der Waals surface area contributed by atoms with Crippen LogP contribution in [0.1, 0.15) is 82.4 Å². The Balaban J connectivity index is 1.72. The number of benzene rings is 1. The van der Waals surface area contributed by atoms with Gasteiger partial charge in [-0.3, -0.25) is 0 Å². The van der Waals surface area contributed by atoms with E-state index in [1.165, 1.54) is 0 Å². The highest BCUT2D eigenvalue weighted by molar-refractivity contribution is 5.87. The Morgan fingerprint density at radius 1 is 1.16 bits per heavy atom. The summed E-state index contributed by atoms with van der Waals surface area (Å²) in [6.07, 6.45) is 4.81. The second-order valence-corrected chi connectivity index (χ2v) is 10.2. The van der Waals surface area contributed by atoms with Crippen molar-refractivity contribution in [3.05, 3.63) is 29.0 Å². The minimum atomic E-state index is -0.791. The summed E-state index contributed by atoms with van der Waals surface area (Å²) in [7, 11) is 0. The second-order valence-electron chi connectivity index (χ2n) is 10.2. The summed E-state index contributed by atoms with van der Waals surface area (Å²) >= 11 is 0. The van der Waals surface area contributed by atoms with Crippen molar-refractivity contribution in [2.45, 2.75) is 103 Å². The van der Waals surface area contributed by atoms with Crippen LogP contribution in [0.3, 0.4) is 0 Å². The molecule has 4 N–H and O–H groups in total. The Morgan fingerprint density at radius 3 is 2.38 bits per heavy atom. The fourth-order valence-corrected chi connectivity index (χ4v) is 6.08. The van der Waals surface area contributed by atoms with Gasteiger partial charge in [0.25, 0.3) is 0 Å². The van der Waals surface area contributed by atoms with E-state index in [4.69, 9.17) is 9.15 Å². The standard InChI is InChI=1S/C26H38O6/c1-5-7-17(15-10-21(28)26(22(29)11-15)23(6-2)32-26)20-13-31-25-18(20)9-16(8-14(3)4)24(30)19(25)12-27/h9,13-15,17,21-23,27-30H,5-8,10-12H2,1-4H3/t15?,17?,21-,22?,23?,26?/m1/s1. The predicted molar refractivity (Wildman–Crippen MR) is 123 cm³/mol. The number of phenols is 1. The molecule has 0 amide bonds. The van der Waals surface area contributed by atoms with Crippen molar-refractivity contribution in [1.29, 1.82) is 0 Å². The number of hydrogen-bond acceptors (Lipinski definition) is 6. The molecule has 2 aliphatic rings. The van der Waals surface area contributed by atoms with Crippen LogP contribution in [0.5, 0.6) is 5.75 Å². The molecule has 1 saturated carbocycles. The molecule has 4 rings (SSSR count). The van der Waals surface area contributed by atoms with Crippen molar-refractivity contribution in [2.75, 3.05) is 0 Å². The predicted octanol–water partition coefficient (Wildman–Crippen LogP) is 4.39. The van der Waals surface area contributed by atoms with Crippen LogP contribution in [-0.4, -0.2) is 44.3 Å². The number of aliphatic hydroxyl groups excluding tert-OH is 3. The Hall–Kier alpha value is -1.60. The van der Waals surface area contributed by atoms with E-state index in [2.05, 4.69) is 20.8 Å². The summed E-state index contributed by atoms with van der Waals surface area (Å²) in [5, 5.41) is 43.5. The number of epoxide rings is 1. The topological polar surface area (TPSA) is 107 Å². The molecule has 1 aliphatic carbocycles. The van der Waals surface area contributed by atoms with E-state index in [0.717, 1.165) is 35.8 Å². The van der Waals surface area contributed by atoms with Gasteiger partial charge in [0.2, 0.25) is 0 Å². The number of ether oxygens (including phenoxy) is 1. The third-order valence-electron chi connectivity index (χ3n) is 7.65. The van der Waals surface area contributed by atoms with E-state index >= 15 is 0 Å². The van der Waals surface area contributed by atoms with Gasteiger partial charge in [-0.25, -0.2) is 0 Å². The molecule has 6 heteroatoms. The zero-order valence-corrected chi connectivity index (χ0v) is 19.7. The number of rotatable bonds is 8. The van der Waals surface area contributed by atoms with Gasteiger partial charge in [0.15, 0.2) is 0 Å². The molecule has 1 aromatic heterocycles. The summed E-state index contributed by atoms with van der Waals surface area (Å²) in [5.41, 5.74) is 2.01. The van der Waals surface area contributed by atoms with Crippen LogP contribution in [0, 0.1) is 11.8 Å². The van der Waals surface area contributed by atoms with E-state index in [-0.39, 0.29) is 30.3 Å². The molecule has 1 spiro atoms. The van der Waals surface area contributed by atoms with Crippen molar-refractivity contribution in [2.24, 2.45) is 11.8 Å². The lowest BCUT2D eigenvalue weighted by atomic mass is 9.68. The molecule has 2 aromatic rings. The zero-order valence-electron chi connectivity index (χ0n) is 19.7. The number of hydrogen-bond donors (Lipinski definition) is 4. The summed E-state index contributed by atoms with van der Waals surface area (Å²) in [5.74, 6) is 0.665. The third kappa shape index (κ3) is 3.75. The first-order valence-corrected chi connectivity index (χ1v) is 12.2. The van der Waals surface area contributed by atoms with Gasteiger partial charge in [0.1, 0.15) is 16.9 Å². The van der Waals surface area contributed by atoms with Crippen molar-refractivity contribution < 1.29 is 29.6 Å². The second kappa shape index (κ2) is 8.98. The van der Waals surface area contributed by atoms with Crippen LogP contribution >= 0.6 is 0 Å². The van der Waals surface area contributed by atoms with Crippen LogP contribution < -0.4 is 0 Å². The van der Waals surface area contributed by atoms with Gasteiger partial charge in [-0.2, -0.15) is 0 Å². The maximum absolute atomic E-state index is 11.0. The van der Waals surface area contributed by atoms with E-state index in [9.17, 15) is 20.4 Å². The summed E-state index contributed by atoms with van der Waals surface area (Å²) in [6.45, 7) is 8.06. The van der Waals surface area contributed by atoms with E-state index in [1.807, 2.05) is 13.0 Å². The lowest BCUT2D eigenvalue weighted by molar-refractivity contribution is -0.0689. The third-order valence-corrected chi connectivity index (χ3v) is 7.65. The normalized spacial score (nSPS) is 31.0. The summed E-state index contributed by atoms with van der Waals surface area (Å²) in [4.78, 5) is 0. The van der Waals surface area contributed by atoms with E-state index in [1.54, 1.807) is 6.26 Å². The van der Waals surface area contributed by atoms with Gasteiger partial charge in [-0.05, 0) is 61.5 Å². The largest absolute Gasteiger partial charge is 0.507 e. The molecule has 0 radical (unpaired) electrons. The molecule has 2 fully saturated rings. The van der Waals surface area contributed by atoms with Gasteiger partial charge in [0.05, 0.1) is 36.7 Å². The Bertz CT molecular complexity index is 935. The molecule has 0 bridgehead atoms. The summed E-state index contributed by atoms with van der Waals surface area (Å²) < 4.78 is 11.7. The van der Waals surface area contributed by atoms with Gasteiger partial charge < -0.3 is 29.6 Å². The van der Waals surface area contributed by atoms with Crippen LogP contribution in [0.25, 0.3) is 11.0 Å². The van der Waals surface area contributed by atoms with Gasteiger partial charge in [-0.1, -0.05) is 34.1 Å². The minimum Gasteiger partial charge on any atom is -0.507 e. The first kappa shape index (κ1) is 23.6. The average Bonchev–Trinajstić information content (AvgIpc) is 3.36. The number of aromatic hydroxyl groups is 1. The zero-order chi connectivity index (χ0) is 23.2. The highest BCUT2D eigenvalue weighted by atomic mass is 16.6. The molecule has 1 aromatic carbocycles. The molecule has 1 aliphatic heterocycles. The molecule has 2 heterocycles. The highest BCUT2D eigenvalue weighted by Crippen LogP contribution is 2.54. The number of furan rings is 1. The van der Waals surface area contributed by atoms with Gasteiger partial charge >= 0.3 is 0 Å². The van der Waals surface area contributed by atoms with E-state index < -0.39 is 17.8 Å². The lowest BCUT2D eigenvalue weighted by Crippen LogP contribution is -2.50.